The summed E-state index contributed by atoms with van der Waals surface area (Å²) in [5.74, 6) is 0. The number of fused-ring (bicyclic) bond motifs is 1. The molecule has 1 aliphatic rings. The standard InChI is InChI=1S/C15H20N2O/c1-11-15(2,6-8-18-11)17-10-12-3-4-14-13(9-12)5-7-16-14/h3-5,7,9,11,16-17H,6,8,10H2,1-2H3. The molecule has 0 bridgehead atoms. The van der Waals surface area contributed by atoms with E-state index in [-0.39, 0.29) is 11.6 Å². The minimum absolute atomic E-state index is 0.104. The summed E-state index contributed by atoms with van der Waals surface area (Å²) in [5, 5.41) is 4.92. The van der Waals surface area contributed by atoms with Crippen molar-refractivity contribution < 1.29 is 4.74 Å². The number of ether oxygens (including phenoxy) is 1. The molecule has 1 saturated heterocycles. The Balaban J connectivity index is 1.72. The molecular weight excluding hydrogens is 224 g/mol. The lowest BCUT2D eigenvalue weighted by atomic mass is 9.94. The number of hydrogen-bond acceptors (Lipinski definition) is 2. The molecular formula is C15H20N2O. The Morgan fingerprint density at radius 3 is 3.11 bits per heavy atom. The maximum absolute atomic E-state index is 5.65. The van der Waals surface area contributed by atoms with Crippen LogP contribution < -0.4 is 5.32 Å². The first kappa shape index (κ1) is 11.8. The topological polar surface area (TPSA) is 37.0 Å². The molecule has 96 valence electrons. The second-order valence-corrected chi connectivity index (χ2v) is 5.43. The van der Waals surface area contributed by atoms with Gasteiger partial charge in [-0.3, -0.25) is 0 Å². The smallest absolute Gasteiger partial charge is 0.0726 e. The van der Waals surface area contributed by atoms with Crippen molar-refractivity contribution in [2.75, 3.05) is 6.61 Å². The van der Waals surface area contributed by atoms with Crippen LogP contribution in [0.2, 0.25) is 0 Å². The van der Waals surface area contributed by atoms with Crippen LogP contribution in [-0.4, -0.2) is 23.2 Å². The van der Waals surface area contributed by atoms with Gasteiger partial charge in [0.25, 0.3) is 0 Å². The molecule has 3 rings (SSSR count). The van der Waals surface area contributed by atoms with E-state index in [1.54, 1.807) is 0 Å². The fraction of sp³-hybridized carbons (Fsp3) is 0.467. The van der Waals surface area contributed by atoms with Gasteiger partial charge in [-0.2, -0.15) is 0 Å². The second-order valence-electron chi connectivity index (χ2n) is 5.43. The summed E-state index contributed by atoms with van der Waals surface area (Å²) in [4.78, 5) is 3.22. The molecule has 18 heavy (non-hydrogen) atoms. The minimum Gasteiger partial charge on any atom is -0.377 e. The van der Waals surface area contributed by atoms with Crippen molar-refractivity contribution in [1.29, 1.82) is 0 Å². The van der Waals surface area contributed by atoms with Crippen LogP contribution in [-0.2, 0) is 11.3 Å². The van der Waals surface area contributed by atoms with E-state index in [4.69, 9.17) is 4.74 Å². The van der Waals surface area contributed by atoms with Gasteiger partial charge in [0.15, 0.2) is 0 Å². The Morgan fingerprint density at radius 1 is 1.44 bits per heavy atom. The molecule has 0 spiro atoms. The van der Waals surface area contributed by atoms with Gasteiger partial charge in [0, 0.05) is 30.4 Å². The van der Waals surface area contributed by atoms with Crippen molar-refractivity contribution in [2.24, 2.45) is 0 Å². The van der Waals surface area contributed by atoms with Gasteiger partial charge in [-0.15, -0.1) is 0 Å². The average molecular weight is 244 g/mol. The molecule has 2 N–H and O–H groups in total. The van der Waals surface area contributed by atoms with Crippen molar-refractivity contribution in [2.45, 2.75) is 38.5 Å². The van der Waals surface area contributed by atoms with Gasteiger partial charge in [-0.05, 0) is 49.4 Å². The molecule has 1 aromatic carbocycles. The van der Waals surface area contributed by atoms with Gasteiger partial charge < -0.3 is 15.0 Å². The first-order valence-corrected chi connectivity index (χ1v) is 6.60. The third kappa shape index (κ3) is 2.04. The summed E-state index contributed by atoms with van der Waals surface area (Å²) >= 11 is 0. The molecule has 1 fully saturated rings. The van der Waals surface area contributed by atoms with Gasteiger partial charge in [-0.1, -0.05) is 6.07 Å². The number of nitrogens with one attached hydrogen (secondary N) is 2. The first-order valence-electron chi connectivity index (χ1n) is 6.60. The van der Waals surface area contributed by atoms with Crippen molar-refractivity contribution in [3.05, 3.63) is 36.0 Å². The lowest BCUT2D eigenvalue weighted by molar-refractivity contribution is 0.0881. The maximum Gasteiger partial charge on any atom is 0.0726 e. The third-order valence-electron chi connectivity index (χ3n) is 4.20. The zero-order valence-electron chi connectivity index (χ0n) is 11.0. The van der Waals surface area contributed by atoms with Gasteiger partial charge >= 0.3 is 0 Å². The highest BCUT2D eigenvalue weighted by Gasteiger charge is 2.36. The van der Waals surface area contributed by atoms with Crippen molar-refractivity contribution >= 4 is 10.9 Å². The summed E-state index contributed by atoms with van der Waals surface area (Å²) in [7, 11) is 0. The highest BCUT2D eigenvalue weighted by atomic mass is 16.5. The van der Waals surface area contributed by atoms with E-state index < -0.39 is 0 Å². The van der Waals surface area contributed by atoms with Crippen LogP contribution in [0.25, 0.3) is 10.9 Å². The molecule has 2 aromatic rings. The van der Waals surface area contributed by atoms with E-state index in [0.717, 1.165) is 19.6 Å². The predicted octanol–water partition coefficient (Wildman–Crippen LogP) is 2.83. The summed E-state index contributed by atoms with van der Waals surface area (Å²) in [6.45, 7) is 6.15. The highest BCUT2D eigenvalue weighted by molar-refractivity contribution is 5.79. The Kier molecular flexibility index (Phi) is 2.88. The van der Waals surface area contributed by atoms with Crippen molar-refractivity contribution in [3.63, 3.8) is 0 Å². The molecule has 0 aliphatic carbocycles. The summed E-state index contributed by atoms with van der Waals surface area (Å²) in [6, 6.07) is 8.67. The lowest BCUT2D eigenvalue weighted by Gasteiger charge is -2.29. The monoisotopic (exact) mass is 244 g/mol. The molecule has 0 saturated carbocycles. The zero-order valence-corrected chi connectivity index (χ0v) is 11.0. The fourth-order valence-electron chi connectivity index (χ4n) is 2.58. The van der Waals surface area contributed by atoms with Crippen LogP contribution in [0.1, 0.15) is 25.8 Å². The highest BCUT2D eigenvalue weighted by Crippen LogP contribution is 2.25. The number of aromatic amines is 1. The minimum atomic E-state index is 0.104. The Labute approximate surface area is 108 Å². The first-order chi connectivity index (χ1) is 8.67. The van der Waals surface area contributed by atoms with Gasteiger partial charge in [0.05, 0.1) is 6.10 Å². The van der Waals surface area contributed by atoms with Gasteiger partial charge in [0.1, 0.15) is 0 Å². The zero-order chi connectivity index (χ0) is 12.6. The van der Waals surface area contributed by atoms with E-state index in [9.17, 15) is 0 Å². The molecule has 2 heterocycles. The lowest BCUT2D eigenvalue weighted by Crippen LogP contribution is -2.47. The molecule has 1 aliphatic heterocycles. The summed E-state index contributed by atoms with van der Waals surface area (Å²) in [5.41, 5.74) is 2.62. The number of aromatic nitrogens is 1. The molecule has 3 heteroatoms. The Hall–Kier alpha value is -1.32. The number of H-pyrrole nitrogens is 1. The molecule has 0 radical (unpaired) electrons. The molecule has 3 nitrogen and oxygen atoms in total. The van der Waals surface area contributed by atoms with E-state index in [0.29, 0.717) is 0 Å². The van der Waals surface area contributed by atoms with Crippen molar-refractivity contribution in [3.8, 4) is 0 Å². The number of benzene rings is 1. The second kappa shape index (κ2) is 4.41. The van der Waals surface area contributed by atoms with Crippen LogP contribution in [0.15, 0.2) is 30.5 Å². The Bertz CT molecular complexity index is 548. The SMILES string of the molecule is CC1OCCC1(C)NCc1ccc2[nH]ccc2c1. The van der Waals surface area contributed by atoms with E-state index in [2.05, 4.69) is 48.4 Å². The summed E-state index contributed by atoms with van der Waals surface area (Å²) < 4.78 is 5.65. The largest absolute Gasteiger partial charge is 0.377 e. The number of rotatable bonds is 3. The van der Waals surface area contributed by atoms with Gasteiger partial charge in [-0.25, -0.2) is 0 Å². The molecule has 0 amide bonds. The van der Waals surface area contributed by atoms with E-state index >= 15 is 0 Å². The molecule has 2 unspecified atom stereocenters. The van der Waals surface area contributed by atoms with Crippen LogP contribution in [0, 0.1) is 0 Å². The van der Waals surface area contributed by atoms with Crippen LogP contribution in [0.4, 0.5) is 0 Å². The van der Waals surface area contributed by atoms with Crippen molar-refractivity contribution in [1.82, 2.24) is 10.3 Å². The number of hydrogen-bond donors (Lipinski definition) is 2. The predicted molar refractivity (Wildman–Crippen MR) is 73.6 cm³/mol. The van der Waals surface area contributed by atoms with Crippen LogP contribution in [0.3, 0.4) is 0 Å². The van der Waals surface area contributed by atoms with E-state index in [1.165, 1.54) is 16.5 Å². The fourth-order valence-corrected chi connectivity index (χ4v) is 2.58. The molecule has 2 atom stereocenters. The third-order valence-corrected chi connectivity index (χ3v) is 4.20. The van der Waals surface area contributed by atoms with Gasteiger partial charge in [0.2, 0.25) is 0 Å². The van der Waals surface area contributed by atoms with Crippen LogP contribution in [0.5, 0.6) is 0 Å². The average Bonchev–Trinajstić information content (AvgIpc) is 2.95. The normalized spacial score (nSPS) is 28.0. The quantitative estimate of drug-likeness (QED) is 0.871. The van der Waals surface area contributed by atoms with E-state index in [1.807, 2.05) is 6.20 Å². The summed E-state index contributed by atoms with van der Waals surface area (Å²) in [6.07, 6.45) is 3.35. The Morgan fingerprint density at radius 2 is 2.33 bits per heavy atom. The molecule has 1 aromatic heterocycles. The van der Waals surface area contributed by atoms with Crippen LogP contribution >= 0.6 is 0 Å². The maximum atomic E-state index is 5.65.